The summed E-state index contributed by atoms with van der Waals surface area (Å²) in [5, 5.41) is 2.84. The Kier molecular flexibility index (Phi) is 5.15. The van der Waals surface area contributed by atoms with E-state index in [2.05, 4.69) is 17.2 Å². The number of hydrogen-bond donors (Lipinski definition) is 1. The molecule has 2 aromatic rings. The zero-order valence-electron chi connectivity index (χ0n) is 14.4. The molecule has 3 rings (SSSR count). The van der Waals surface area contributed by atoms with Crippen LogP contribution >= 0.6 is 0 Å². The first-order chi connectivity index (χ1) is 12.3. The van der Waals surface area contributed by atoms with Gasteiger partial charge in [-0.3, -0.25) is 4.79 Å². The van der Waals surface area contributed by atoms with E-state index in [9.17, 15) is 18.0 Å². The van der Waals surface area contributed by atoms with Gasteiger partial charge in [0, 0.05) is 30.5 Å². The highest BCUT2D eigenvalue weighted by Gasteiger charge is 2.30. The predicted molar refractivity (Wildman–Crippen MR) is 93.3 cm³/mol. The van der Waals surface area contributed by atoms with Crippen molar-refractivity contribution in [1.82, 2.24) is 9.88 Å². The first-order valence-corrected chi connectivity index (χ1v) is 8.52. The first kappa shape index (κ1) is 18.2. The number of nitrogens with one attached hydrogen (secondary N) is 1. The number of amides is 1. The average molecular weight is 363 g/mol. The summed E-state index contributed by atoms with van der Waals surface area (Å²) in [6.45, 7) is 3.56. The second-order valence-corrected chi connectivity index (χ2v) is 6.63. The predicted octanol–water partition coefficient (Wildman–Crippen LogP) is 4.72. The molecule has 0 bridgehead atoms. The van der Waals surface area contributed by atoms with Crippen molar-refractivity contribution in [3.8, 4) is 0 Å². The largest absolute Gasteiger partial charge is 0.416 e. The van der Waals surface area contributed by atoms with Gasteiger partial charge < -0.3 is 10.2 Å². The molecule has 0 aliphatic carbocycles. The molecule has 1 aliphatic heterocycles. The lowest BCUT2D eigenvalue weighted by Gasteiger charge is -2.31. The number of aromatic nitrogens is 1. The molecule has 26 heavy (non-hydrogen) atoms. The Balaban J connectivity index is 1.76. The molecular formula is C19H20F3N3O. The third kappa shape index (κ3) is 4.33. The second kappa shape index (κ2) is 7.35. The van der Waals surface area contributed by atoms with Crippen molar-refractivity contribution in [3.05, 3.63) is 53.7 Å². The zero-order valence-corrected chi connectivity index (χ0v) is 14.4. The minimum absolute atomic E-state index is 0.0777. The van der Waals surface area contributed by atoms with E-state index < -0.39 is 11.7 Å². The van der Waals surface area contributed by atoms with Gasteiger partial charge in [0.1, 0.15) is 5.82 Å². The number of alkyl halides is 3. The second-order valence-electron chi connectivity index (χ2n) is 6.63. The van der Waals surface area contributed by atoms with E-state index in [1.807, 2.05) is 4.90 Å². The van der Waals surface area contributed by atoms with Crippen LogP contribution < -0.4 is 5.32 Å². The highest BCUT2D eigenvalue weighted by molar-refractivity contribution is 5.95. The lowest BCUT2D eigenvalue weighted by Crippen LogP contribution is -2.39. The highest BCUT2D eigenvalue weighted by atomic mass is 19.4. The van der Waals surface area contributed by atoms with E-state index in [1.54, 1.807) is 12.1 Å². The van der Waals surface area contributed by atoms with E-state index in [0.717, 1.165) is 38.1 Å². The average Bonchev–Trinajstić information content (AvgIpc) is 2.61. The normalized spacial score (nSPS) is 17.8. The molecule has 0 radical (unpaired) electrons. The van der Waals surface area contributed by atoms with Gasteiger partial charge in [-0.05, 0) is 49.1 Å². The summed E-state index contributed by atoms with van der Waals surface area (Å²) in [7, 11) is 0. The van der Waals surface area contributed by atoms with Crippen molar-refractivity contribution in [2.24, 2.45) is 5.92 Å². The molecule has 1 aromatic heterocycles. The maximum Gasteiger partial charge on any atom is 0.416 e. The number of benzene rings is 1. The topological polar surface area (TPSA) is 45.2 Å². The molecule has 1 fully saturated rings. The number of pyridine rings is 1. The number of likely N-dealkylation sites (tertiary alicyclic amines) is 1. The lowest BCUT2D eigenvalue weighted by molar-refractivity contribution is -0.137. The van der Waals surface area contributed by atoms with Crippen LogP contribution in [-0.4, -0.2) is 28.9 Å². The van der Waals surface area contributed by atoms with Crippen LogP contribution in [0.25, 0.3) is 0 Å². The molecule has 0 saturated carbocycles. The number of carbonyl (C=O) groups excluding carboxylic acids is 1. The molecular weight excluding hydrogens is 343 g/mol. The van der Waals surface area contributed by atoms with Crippen LogP contribution in [0.4, 0.5) is 24.7 Å². The van der Waals surface area contributed by atoms with E-state index >= 15 is 0 Å². The highest BCUT2D eigenvalue weighted by Crippen LogP contribution is 2.31. The molecule has 0 spiro atoms. The van der Waals surface area contributed by atoms with E-state index in [4.69, 9.17) is 0 Å². The fourth-order valence-electron chi connectivity index (χ4n) is 3.11. The summed E-state index contributed by atoms with van der Waals surface area (Å²) in [4.78, 5) is 18.6. The van der Waals surface area contributed by atoms with Crippen LogP contribution in [0.15, 0.2) is 42.6 Å². The number of halogens is 3. The van der Waals surface area contributed by atoms with Crippen molar-refractivity contribution in [2.75, 3.05) is 18.4 Å². The van der Waals surface area contributed by atoms with Gasteiger partial charge in [-0.25, -0.2) is 4.98 Å². The Morgan fingerprint density at radius 2 is 2.08 bits per heavy atom. The van der Waals surface area contributed by atoms with Gasteiger partial charge in [-0.1, -0.05) is 13.0 Å². The van der Waals surface area contributed by atoms with Crippen LogP contribution in [0.5, 0.6) is 0 Å². The molecule has 1 amide bonds. The van der Waals surface area contributed by atoms with Gasteiger partial charge in [0.2, 0.25) is 0 Å². The molecule has 1 aliphatic rings. The molecule has 1 saturated heterocycles. The number of nitrogens with zero attached hydrogens (tertiary/aromatic N) is 2. The van der Waals surface area contributed by atoms with E-state index in [1.165, 1.54) is 18.3 Å². The fourth-order valence-corrected chi connectivity index (χ4v) is 3.11. The minimum Gasteiger partial charge on any atom is -0.340 e. The summed E-state index contributed by atoms with van der Waals surface area (Å²) in [6, 6.07) is 8.08. The molecule has 1 aromatic carbocycles. The Labute approximate surface area is 150 Å². The minimum atomic E-state index is -4.41. The first-order valence-electron chi connectivity index (χ1n) is 8.52. The van der Waals surface area contributed by atoms with Gasteiger partial charge in [0.05, 0.1) is 5.56 Å². The summed E-state index contributed by atoms with van der Waals surface area (Å²) in [5.74, 6) is 0.725. The summed E-state index contributed by atoms with van der Waals surface area (Å²) in [6.07, 6.45) is -0.833. The van der Waals surface area contributed by atoms with Crippen molar-refractivity contribution in [2.45, 2.75) is 25.9 Å². The molecule has 2 heterocycles. The number of rotatable bonds is 3. The van der Waals surface area contributed by atoms with Gasteiger partial charge in [-0.15, -0.1) is 0 Å². The molecule has 4 nitrogen and oxygen atoms in total. The molecule has 138 valence electrons. The maximum atomic E-state index is 12.8. The zero-order chi connectivity index (χ0) is 18.7. The number of hydrogen-bond acceptors (Lipinski definition) is 3. The van der Waals surface area contributed by atoms with Gasteiger partial charge in [0.15, 0.2) is 0 Å². The SMILES string of the molecule is CC1CCCN(C(=O)c2ccnc(Nc3cccc(C(F)(F)F)c3)c2)C1. The van der Waals surface area contributed by atoms with E-state index in [0.29, 0.717) is 17.3 Å². The summed E-state index contributed by atoms with van der Waals surface area (Å²) >= 11 is 0. The van der Waals surface area contributed by atoms with Gasteiger partial charge in [-0.2, -0.15) is 13.2 Å². The summed E-state index contributed by atoms with van der Waals surface area (Å²) in [5.41, 5.74) is 0.00382. The Hall–Kier alpha value is -2.57. The molecule has 1 atom stereocenters. The lowest BCUT2D eigenvalue weighted by atomic mass is 9.99. The van der Waals surface area contributed by atoms with Crippen molar-refractivity contribution in [3.63, 3.8) is 0 Å². The van der Waals surface area contributed by atoms with Crippen LogP contribution in [0, 0.1) is 5.92 Å². The number of piperidine rings is 1. The molecule has 1 N–H and O–H groups in total. The molecule has 7 heteroatoms. The van der Waals surface area contributed by atoms with Crippen molar-refractivity contribution >= 4 is 17.4 Å². The van der Waals surface area contributed by atoms with E-state index in [-0.39, 0.29) is 11.6 Å². The van der Waals surface area contributed by atoms with Crippen LogP contribution in [0.1, 0.15) is 35.7 Å². The maximum absolute atomic E-state index is 12.8. The third-order valence-corrected chi connectivity index (χ3v) is 4.41. The Morgan fingerprint density at radius 3 is 2.81 bits per heavy atom. The monoisotopic (exact) mass is 363 g/mol. The Bertz CT molecular complexity index is 792. The van der Waals surface area contributed by atoms with Gasteiger partial charge in [0.25, 0.3) is 5.91 Å². The molecule has 1 unspecified atom stereocenters. The van der Waals surface area contributed by atoms with Crippen molar-refractivity contribution in [1.29, 1.82) is 0 Å². The quantitative estimate of drug-likeness (QED) is 0.859. The van der Waals surface area contributed by atoms with Crippen molar-refractivity contribution < 1.29 is 18.0 Å². The van der Waals surface area contributed by atoms with Crippen LogP contribution in [0.2, 0.25) is 0 Å². The summed E-state index contributed by atoms with van der Waals surface area (Å²) < 4.78 is 38.5. The smallest absolute Gasteiger partial charge is 0.340 e. The standard InChI is InChI=1S/C19H20F3N3O/c1-13-4-3-9-25(12-13)18(26)14-7-8-23-17(10-14)24-16-6-2-5-15(11-16)19(20,21)22/h2,5-8,10-11,13H,3-4,9,12H2,1H3,(H,23,24). The number of anilines is 2. The van der Waals surface area contributed by atoms with Crippen LogP contribution in [-0.2, 0) is 6.18 Å². The van der Waals surface area contributed by atoms with Crippen LogP contribution in [0.3, 0.4) is 0 Å². The Morgan fingerprint density at radius 1 is 1.27 bits per heavy atom. The van der Waals surface area contributed by atoms with Gasteiger partial charge >= 0.3 is 6.18 Å². The third-order valence-electron chi connectivity index (χ3n) is 4.41. The fraction of sp³-hybridized carbons (Fsp3) is 0.368. The number of carbonyl (C=O) groups is 1.